The molecule has 1 amide bonds. The van der Waals surface area contributed by atoms with E-state index in [0.717, 1.165) is 18.2 Å². The van der Waals surface area contributed by atoms with Gasteiger partial charge in [0.05, 0.1) is 30.0 Å². The monoisotopic (exact) mass is 535 g/mol. The molecule has 0 bridgehead atoms. The highest BCUT2D eigenvalue weighted by Gasteiger charge is 2.26. The third-order valence-electron chi connectivity index (χ3n) is 6.13. The minimum atomic E-state index is -2.76. The highest BCUT2D eigenvalue weighted by atomic mass is 19.3. The number of aromatic amines is 1. The van der Waals surface area contributed by atoms with E-state index in [0.29, 0.717) is 28.0 Å². The number of anilines is 1. The van der Waals surface area contributed by atoms with Crippen LogP contribution in [0.4, 0.5) is 23.4 Å². The number of amides is 1. The number of nitrogens with one attached hydrogen (secondary N) is 2. The molecule has 4 aromatic heterocycles. The second-order valence-corrected chi connectivity index (χ2v) is 8.61. The van der Waals surface area contributed by atoms with Crippen LogP contribution in [0.3, 0.4) is 0 Å². The fraction of sp³-hybridized carbons (Fsp3) is 0.143. The zero-order chi connectivity index (χ0) is 27.5. The first-order valence-corrected chi connectivity index (χ1v) is 11.8. The van der Waals surface area contributed by atoms with Gasteiger partial charge in [0, 0.05) is 30.4 Å². The normalized spacial score (nSPS) is 12.1. The van der Waals surface area contributed by atoms with E-state index in [2.05, 4.69) is 25.3 Å². The minimum Gasteiger partial charge on any atom is -0.494 e. The molecule has 0 saturated heterocycles. The highest BCUT2D eigenvalue weighted by Crippen LogP contribution is 2.40. The number of halogens is 4. The Balaban J connectivity index is 1.56. The van der Waals surface area contributed by atoms with Gasteiger partial charge in [-0.15, -0.1) is 0 Å². The summed E-state index contributed by atoms with van der Waals surface area (Å²) in [5, 5.41) is 2.59. The molecule has 7 nitrogen and oxygen atoms in total. The van der Waals surface area contributed by atoms with Crippen molar-refractivity contribution in [1.82, 2.24) is 19.9 Å². The average molecular weight is 536 g/mol. The van der Waals surface area contributed by atoms with Gasteiger partial charge in [-0.2, -0.15) is 4.39 Å². The lowest BCUT2D eigenvalue weighted by Gasteiger charge is -2.17. The molecule has 0 fully saturated rings. The summed E-state index contributed by atoms with van der Waals surface area (Å²) in [5.74, 6) is -2.91. The number of aromatic nitrogens is 4. The molecule has 0 aliphatic rings. The van der Waals surface area contributed by atoms with Crippen molar-refractivity contribution >= 4 is 22.8 Å². The smallest absolute Gasteiger partial charge is 0.239 e. The predicted molar refractivity (Wildman–Crippen MR) is 137 cm³/mol. The summed E-state index contributed by atoms with van der Waals surface area (Å²) in [7, 11) is 1.41. The molecule has 0 aliphatic heterocycles. The molecule has 1 atom stereocenters. The first kappa shape index (κ1) is 25.8. The lowest BCUT2D eigenvalue weighted by Crippen LogP contribution is -2.23. The maximum Gasteiger partial charge on any atom is 0.239 e. The van der Waals surface area contributed by atoms with Crippen molar-refractivity contribution in [3.8, 4) is 28.3 Å². The van der Waals surface area contributed by atoms with Gasteiger partial charge in [-0.1, -0.05) is 18.2 Å². The van der Waals surface area contributed by atoms with E-state index >= 15 is 0 Å². The molecule has 39 heavy (non-hydrogen) atoms. The van der Waals surface area contributed by atoms with Gasteiger partial charge >= 0.3 is 0 Å². The molecule has 0 aliphatic carbocycles. The summed E-state index contributed by atoms with van der Waals surface area (Å²) in [5.41, 5.74) is 3.01. The first-order chi connectivity index (χ1) is 18.8. The van der Waals surface area contributed by atoms with E-state index in [-0.39, 0.29) is 22.6 Å². The van der Waals surface area contributed by atoms with E-state index < -0.39 is 36.4 Å². The maximum absolute atomic E-state index is 14.4. The molecule has 5 rings (SSSR count). The molecular formula is C28H21F4N5O2. The Morgan fingerprint density at radius 1 is 1.03 bits per heavy atom. The number of ether oxygens (including phenoxy) is 1. The van der Waals surface area contributed by atoms with E-state index in [4.69, 9.17) is 4.74 Å². The molecule has 198 valence electrons. The Morgan fingerprint density at radius 3 is 2.51 bits per heavy atom. The summed E-state index contributed by atoms with van der Waals surface area (Å²) in [6.45, 7) is 0. The predicted octanol–water partition coefficient (Wildman–Crippen LogP) is 6.35. The summed E-state index contributed by atoms with van der Waals surface area (Å²) in [4.78, 5) is 28.9. The minimum absolute atomic E-state index is 0.0932. The molecule has 0 spiro atoms. The summed E-state index contributed by atoms with van der Waals surface area (Å²) in [6, 6.07) is 14.4. The van der Waals surface area contributed by atoms with Gasteiger partial charge in [0.2, 0.25) is 18.3 Å². The molecule has 1 unspecified atom stereocenters. The number of H-pyrrole nitrogens is 1. The van der Waals surface area contributed by atoms with Crippen LogP contribution in [0, 0.1) is 11.8 Å². The van der Waals surface area contributed by atoms with Crippen LogP contribution in [-0.2, 0) is 4.79 Å². The molecule has 5 aromatic rings. The molecule has 1 aromatic carbocycles. The van der Waals surface area contributed by atoms with Gasteiger partial charge in [0.1, 0.15) is 28.4 Å². The molecule has 0 radical (unpaired) electrons. The van der Waals surface area contributed by atoms with Crippen LogP contribution >= 0.6 is 0 Å². The fourth-order valence-corrected chi connectivity index (χ4v) is 4.37. The third kappa shape index (κ3) is 5.42. The number of carbonyl (C=O) groups excluding carboxylic acids is 1. The molecule has 11 heteroatoms. The number of fused-ring (bicyclic) bond motifs is 1. The van der Waals surface area contributed by atoms with Crippen molar-refractivity contribution in [2.45, 2.75) is 18.8 Å². The topological polar surface area (TPSA) is 92.8 Å². The summed E-state index contributed by atoms with van der Waals surface area (Å²) >= 11 is 0. The number of alkyl halides is 2. The number of hydrogen-bond acceptors (Lipinski definition) is 5. The Morgan fingerprint density at radius 2 is 1.82 bits per heavy atom. The SMILES string of the molecule is COc1cc(F)nc2c(-c3ccccn3)c(-c3ccnc(NC(=O)C(CC(F)F)c4ccc(F)cc4)c3)[nH]c12. The van der Waals surface area contributed by atoms with Crippen LogP contribution in [0.5, 0.6) is 5.75 Å². The standard InChI is InChI=1S/C28H21F4N5O2/c1-39-20-14-22(32)35-27-24(19-4-2-3-10-33-19)25(37-26(20)27)16-9-11-34-23(12-16)36-28(38)18(13-21(30)31)15-5-7-17(29)8-6-15/h2-12,14,18,21,37H,13H2,1H3,(H,34,36,38). The van der Waals surface area contributed by atoms with Gasteiger partial charge in [0.25, 0.3) is 0 Å². The van der Waals surface area contributed by atoms with Gasteiger partial charge in [-0.05, 0) is 42.0 Å². The molecule has 0 saturated carbocycles. The number of pyridine rings is 3. The zero-order valence-electron chi connectivity index (χ0n) is 20.5. The van der Waals surface area contributed by atoms with Crippen LogP contribution < -0.4 is 10.1 Å². The van der Waals surface area contributed by atoms with E-state index in [1.165, 1.54) is 25.4 Å². The second kappa shape index (κ2) is 10.9. The molecule has 2 N–H and O–H groups in total. The van der Waals surface area contributed by atoms with E-state index in [9.17, 15) is 22.4 Å². The quantitative estimate of drug-likeness (QED) is 0.178. The largest absolute Gasteiger partial charge is 0.494 e. The Kier molecular flexibility index (Phi) is 7.22. The summed E-state index contributed by atoms with van der Waals surface area (Å²) < 4.78 is 59.7. The van der Waals surface area contributed by atoms with Gasteiger partial charge < -0.3 is 15.0 Å². The summed E-state index contributed by atoms with van der Waals surface area (Å²) in [6.07, 6.45) is -0.491. The van der Waals surface area contributed by atoms with Crippen LogP contribution in [0.25, 0.3) is 33.5 Å². The van der Waals surface area contributed by atoms with Crippen molar-refractivity contribution in [3.63, 3.8) is 0 Å². The highest BCUT2D eigenvalue weighted by molar-refractivity contribution is 6.03. The van der Waals surface area contributed by atoms with Crippen molar-refractivity contribution in [1.29, 1.82) is 0 Å². The zero-order valence-corrected chi connectivity index (χ0v) is 20.5. The number of rotatable bonds is 8. The number of carbonyl (C=O) groups is 1. The van der Waals surface area contributed by atoms with Crippen molar-refractivity contribution in [2.24, 2.45) is 0 Å². The van der Waals surface area contributed by atoms with Gasteiger partial charge in [-0.3, -0.25) is 9.78 Å². The van der Waals surface area contributed by atoms with Gasteiger partial charge in [-0.25, -0.2) is 23.1 Å². The average Bonchev–Trinajstić information content (AvgIpc) is 3.31. The second-order valence-electron chi connectivity index (χ2n) is 8.61. The Bertz CT molecular complexity index is 1630. The fourth-order valence-electron chi connectivity index (χ4n) is 4.37. The number of methoxy groups -OCH3 is 1. The lowest BCUT2D eigenvalue weighted by molar-refractivity contribution is -0.118. The van der Waals surface area contributed by atoms with Crippen molar-refractivity contribution < 1.29 is 27.1 Å². The number of benzene rings is 1. The maximum atomic E-state index is 14.4. The van der Waals surface area contributed by atoms with Crippen molar-refractivity contribution in [2.75, 3.05) is 12.4 Å². The Hall–Kier alpha value is -4.80. The van der Waals surface area contributed by atoms with Crippen LogP contribution in [0.1, 0.15) is 17.9 Å². The Labute approximate surface area is 219 Å². The number of nitrogens with zero attached hydrogens (tertiary/aromatic N) is 3. The molecular weight excluding hydrogens is 514 g/mol. The molecule has 4 heterocycles. The van der Waals surface area contributed by atoms with E-state index in [1.807, 2.05) is 0 Å². The first-order valence-electron chi connectivity index (χ1n) is 11.8. The third-order valence-corrected chi connectivity index (χ3v) is 6.13. The van der Waals surface area contributed by atoms with Crippen molar-refractivity contribution in [3.05, 3.63) is 90.4 Å². The lowest BCUT2D eigenvalue weighted by atomic mass is 9.95. The van der Waals surface area contributed by atoms with Crippen LogP contribution in [0.2, 0.25) is 0 Å². The number of hydrogen-bond donors (Lipinski definition) is 2. The van der Waals surface area contributed by atoms with E-state index in [1.54, 1.807) is 36.5 Å². The van der Waals surface area contributed by atoms with Gasteiger partial charge in [0.15, 0.2) is 0 Å². The van der Waals surface area contributed by atoms with Crippen LogP contribution in [0.15, 0.2) is 73.1 Å². The van der Waals surface area contributed by atoms with Crippen LogP contribution in [-0.4, -0.2) is 39.4 Å².